The molecule has 4 aliphatic carbocycles. The third-order valence-corrected chi connectivity index (χ3v) is 12.8. The second kappa shape index (κ2) is 12.4. The van der Waals surface area contributed by atoms with Crippen molar-refractivity contribution in [2.45, 2.75) is 81.9 Å². The highest BCUT2D eigenvalue weighted by molar-refractivity contribution is 7.90. The molecule has 248 valence electrons. The van der Waals surface area contributed by atoms with Crippen LogP contribution in [-0.2, 0) is 10.0 Å². The first-order valence-electron chi connectivity index (χ1n) is 16.3. The quantitative estimate of drug-likeness (QED) is 0.180. The second-order valence-corrected chi connectivity index (χ2v) is 15.8. The lowest BCUT2D eigenvalue weighted by Gasteiger charge is -2.53. The maximum atomic E-state index is 13.1. The van der Waals surface area contributed by atoms with Crippen molar-refractivity contribution in [1.82, 2.24) is 10.0 Å². The minimum atomic E-state index is -4.38. The highest BCUT2D eigenvalue weighted by atomic mass is 32.2. The van der Waals surface area contributed by atoms with E-state index in [0.29, 0.717) is 18.5 Å². The number of anilines is 2. The van der Waals surface area contributed by atoms with Crippen LogP contribution in [0.5, 0.6) is 0 Å². The summed E-state index contributed by atoms with van der Waals surface area (Å²) in [6, 6.07) is 10.5. The molecule has 46 heavy (non-hydrogen) atoms. The fourth-order valence-corrected chi connectivity index (χ4v) is 9.32. The summed E-state index contributed by atoms with van der Waals surface area (Å²) in [4.78, 5) is 37.2. The van der Waals surface area contributed by atoms with Gasteiger partial charge >= 0.3 is 6.09 Å². The van der Waals surface area contributed by atoms with Crippen LogP contribution in [-0.4, -0.2) is 56.6 Å². The maximum absolute atomic E-state index is 13.1. The Morgan fingerprint density at radius 1 is 0.848 bits per heavy atom. The van der Waals surface area contributed by atoms with Gasteiger partial charge in [0.15, 0.2) is 0 Å². The zero-order valence-corrected chi connectivity index (χ0v) is 26.9. The highest BCUT2D eigenvalue weighted by Crippen LogP contribution is 2.56. The molecule has 1 aliphatic heterocycles. The van der Waals surface area contributed by atoms with Crippen LogP contribution in [0.2, 0.25) is 0 Å². The Labute approximate surface area is 269 Å². The molecule has 0 unspecified atom stereocenters. The first-order valence-corrected chi connectivity index (χ1v) is 17.8. The molecule has 4 saturated carbocycles. The monoisotopic (exact) mass is 653 g/mol. The first-order chi connectivity index (χ1) is 21.9. The number of hydrogen-bond donors (Lipinski definition) is 4. The summed E-state index contributed by atoms with van der Waals surface area (Å²) in [7, 11) is -4.38. The van der Waals surface area contributed by atoms with Gasteiger partial charge in [-0.15, -0.1) is 0 Å². The maximum Gasteiger partial charge on any atom is 0.404 e. The number of carbonyl (C=O) groups is 2. The van der Waals surface area contributed by atoms with Crippen molar-refractivity contribution in [2.75, 3.05) is 36.4 Å². The van der Waals surface area contributed by atoms with Crippen LogP contribution in [0, 0.1) is 26.4 Å². The number of benzene rings is 2. The molecule has 1 heterocycles. The topological polar surface area (TPSA) is 171 Å². The number of hydrogen-bond acceptors (Lipinski definition) is 8. The fraction of sp³-hybridized carbons (Fsp3) is 0.576. The second-order valence-electron chi connectivity index (χ2n) is 14.1. The van der Waals surface area contributed by atoms with Crippen molar-refractivity contribution in [1.29, 1.82) is 0 Å². The van der Waals surface area contributed by atoms with E-state index in [1.165, 1.54) is 50.7 Å². The van der Waals surface area contributed by atoms with Gasteiger partial charge in [-0.05, 0) is 117 Å². The largest absolute Gasteiger partial charge is 0.465 e. The number of rotatable bonds is 10. The molecular formula is C33H43N5O7S. The van der Waals surface area contributed by atoms with Gasteiger partial charge in [-0.25, -0.2) is 17.9 Å². The Hall–Kier alpha value is -3.87. The number of nitrogens with one attached hydrogen (secondary N) is 3. The Kier molecular flexibility index (Phi) is 8.64. The molecule has 0 aromatic heterocycles. The average Bonchev–Trinajstić information content (AvgIpc) is 3.51. The predicted molar refractivity (Wildman–Crippen MR) is 174 cm³/mol. The van der Waals surface area contributed by atoms with Gasteiger partial charge in [0.05, 0.1) is 9.82 Å². The molecule has 5 fully saturated rings. The molecule has 2 aromatic rings. The molecule has 1 spiro atoms. The van der Waals surface area contributed by atoms with E-state index < -0.39 is 26.9 Å². The zero-order valence-electron chi connectivity index (χ0n) is 26.1. The van der Waals surface area contributed by atoms with Crippen LogP contribution < -0.4 is 20.3 Å². The number of sulfonamides is 1. The van der Waals surface area contributed by atoms with Crippen LogP contribution in [0.4, 0.5) is 21.9 Å². The molecule has 7 rings (SSSR count). The number of nitro groups is 1. The van der Waals surface area contributed by atoms with Crippen LogP contribution in [0.25, 0.3) is 0 Å². The van der Waals surface area contributed by atoms with Crippen molar-refractivity contribution in [3.8, 4) is 0 Å². The Morgan fingerprint density at radius 3 is 2.00 bits per heavy atom. The van der Waals surface area contributed by atoms with E-state index in [1.807, 2.05) is 12.1 Å². The summed E-state index contributed by atoms with van der Waals surface area (Å²) < 4.78 is 28.4. The van der Waals surface area contributed by atoms with Crippen LogP contribution in [0.15, 0.2) is 47.4 Å². The van der Waals surface area contributed by atoms with Gasteiger partial charge in [0.2, 0.25) is 0 Å². The third kappa shape index (κ3) is 6.65. The summed E-state index contributed by atoms with van der Waals surface area (Å²) in [6.07, 6.45) is 11.9. The van der Waals surface area contributed by atoms with Crippen molar-refractivity contribution in [3.63, 3.8) is 0 Å². The van der Waals surface area contributed by atoms with E-state index in [0.717, 1.165) is 63.4 Å². The van der Waals surface area contributed by atoms with Gasteiger partial charge in [0.1, 0.15) is 5.69 Å². The molecule has 13 heteroatoms. The third-order valence-electron chi connectivity index (χ3n) is 11.5. The minimum Gasteiger partial charge on any atom is -0.465 e. The summed E-state index contributed by atoms with van der Waals surface area (Å²) in [5, 5.41) is 26.7. The first kappa shape index (κ1) is 32.1. The van der Waals surface area contributed by atoms with Crippen LogP contribution >= 0.6 is 0 Å². The number of nitro benzene ring substituents is 1. The number of carbonyl (C=O) groups excluding carboxylic acids is 1. The number of nitrogens with zero attached hydrogens (tertiary/aromatic N) is 2. The van der Waals surface area contributed by atoms with E-state index in [9.17, 15) is 28.1 Å². The minimum absolute atomic E-state index is 0.0273. The fourth-order valence-electron chi connectivity index (χ4n) is 8.32. The summed E-state index contributed by atoms with van der Waals surface area (Å²) in [6.45, 7) is 2.87. The highest BCUT2D eigenvalue weighted by Gasteiger charge is 2.48. The van der Waals surface area contributed by atoms with Gasteiger partial charge in [-0.2, -0.15) is 0 Å². The van der Waals surface area contributed by atoms with E-state index in [2.05, 4.69) is 20.3 Å². The van der Waals surface area contributed by atoms with Gasteiger partial charge in [-0.1, -0.05) is 12.8 Å². The lowest BCUT2D eigenvalue weighted by Crippen LogP contribution is -2.49. The zero-order chi connectivity index (χ0) is 32.6. The normalized spacial score (nSPS) is 25.3. The van der Waals surface area contributed by atoms with E-state index in [-0.39, 0.29) is 32.7 Å². The molecule has 0 atom stereocenters. The lowest BCUT2D eigenvalue weighted by molar-refractivity contribution is -0.384. The molecule has 2 aromatic carbocycles. The smallest absolute Gasteiger partial charge is 0.404 e. The molecule has 0 radical (unpaired) electrons. The number of fused-ring (bicyclic) bond motifs is 3. The molecule has 2 amide bonds. The van der Waals surface area contributed by atoms with Crippen molar-refractivity contribution in [3.05, 3.63) is 58.1 Å². The van der Waals surface area contributed by atoms with Gasteiger partial charge < -0.3 is 20.6 Å². The van der Waals surface area contributed by atoms with E-state index in [1.54, 1.807) is 12.1 Å². The average molecular weight is 654 g/mol. The summed E-state index contributed by atoms with van der Waals surface area (Å²) in [5.41, 5.74) is 1.43. The van der Waals surface area contributed by atoms with Gasteiger partial charge in [0, 0.05) is 43.5 Å². The van der Waals surface area contributed by atoms with Crippen LogP contribution in [0.1, 0.15) is 87.4 Å². The molecule has 2 bridgehead atoms. The number of carboxylic acid groups (broad SMARTS) is 1. The van der Waals surface area contributed by atoms with E-state index in [4.69, 9.17) is 5.11 Å². The van der Waals surface area contributed by atoms with Crippen molar-refractivity contribution >= 4 is 39.1 Å². The van der Waals surface area contributed by atoms with Crippen LogP contribution in [0.3, 0.4) is 0 Å². The van der Waals surface area contributed by atoms with Crippen molar-refractivity contribution < 1.29 is 28.0 Å². The Balaban J connectivity index is 1.07. The molecule has 12 nitrogen and oxygen atoms in total. The molecule has 4 N–H and O–H groups in total. The molecule has 5 aliphatic rings. The number of amides is 2. The summed E-state index contributed by atoms with van der Waals surface area (Å²) >= 11 is 0. The van der Waals surface area contributed by atoms with Crippen molar-refractivity contribution in [2.24, 2.45) is 16.2 Å². The standard InChI is InChI=1S/C33H43N5O7S/c39-29(24-3-5-25(6-4-24)37-19-17-31(18-20-37)9-1-2-10-31)36-46(44,45)26-7-8-27(28(21-26)38(42)43)34-22-32-11-14-33(15-12-32,16-13-32)23-35-30(40)41/h3-8,21,34-35H,1-2,9-20,22-23H2,(H,36,39)(H,40,41). The molecular weight excluding hydrogens is 610 g/mol. The lowest BCUT2D eigenvalue weighted by atomic mass is 9.53. The summed E-state index contributed by atoms with van der Waals surface area (Å²) in [5.74, 6) is -0.803. The number of piperidine rings is 1. The Bertz CT molecular complexity index is 1570. The predicted octanol–water partition coefficient (Wildman–Crippen LogP) is 5.89. The van der Waals surface area contributed by atoms with E-state index >= 15 is 0 Å². The van der Waals surface area contributed by atoms with Gasteiger partial charge in [-0.3, -0.25) is 14.9 Å². The SMILES string of the molecule is O=C(O)NCC12CCC(CNc3ccc(S(=O)(=O)NC(=O)c4ccc(N5CCC6(CCCC6)CC5)cc4)cc3[N+](=O)[O-])(CC1)CC2. The van der Waals surface area contributed by atoms with Gasteiger partial charge in [0.25, 0.3) is 21.6 Å². The molecule has 1 saturated heterocycles. The Morgan fingerprint density at radius 2 is 1.43 bits per heavy atom.